The lowest BCUT2D eigenvalue weighted by molar-refractivity contribution is 1.29. The second kappa shape index (κ2) is 3.90. The van der Waals surface area contributed by atoms with Gasteiger partial charge >= 0.3 is 0 Å². The number of nitrogens with zero attached hydrogens (tertiary/aromatic N) is 2. The molecule has 3 aromatic rings. The predicted molar refractivity (Wildman–Crippen MR) is 67.1 cm³/mol. The number of imidazole rings is 1. The number of para-hydroxylation sites is 2. The molecule has 0 atom stereocenters. The fourth-order valence-electron chi connectivity index (χ4n) is 1.52. The van der Waals surface area contributed by atoms with E-state index in [1.807, 2.05) is 48.0 Å². The number of hydrogen-bond donors (Lipinski definition) is 1. The van der Waals surface area contributed by atoms with E-state index in [1.54, 1.807) is 0 Å². The molecule has 1 N–H and O–H groups in total. The van der Waals surface area contributed by atoms with Gasteiger partial charge in [0.15, 0.2) is 0 Å². The van der Waals surface area contributed by atoms with Crippen molar-refractivity contribution < 1.29 is 0 Å². The summed E-state index contributed by atoms with van der Waals surface area (Å²) in [7, 11) is 0. The fraction of sp³-hybridized carbons (Fsp3) is 0. The number of nitrogens with one attached hydrogen (secondary N) is 1. The molecule has 0 saturated carbocycles. The van der Waals surface area contributed by atoms with E-state index >= 15 is 0 Å². The molecule has 16 heavy (non-hydrogen) atoms. The van der Waals surface area contributed by atoms with Crippen molar-refractivity contribution in [2.45, 2.75) is 0 Å². The molecule has 3 rings (SSSR count). The Kier molecular flexibility index (Phi) is 2.27. The van der Waals surface area contributed by atoms with Crippen LogP contribution in [0.15, 0.2) is 35.8 Å². The Morgan fingerprint density at radius 1 is 1.19 bits per heavy atom. The molecule has 2 heterocycles. The molecule has 3 nitrogen and oxygen atoms in total. The van der Waals surface area contributed by atoms with E-state index < -0.39 is 0 Å². The quantitative estimate of drug-likeness (QED) is 0.730. The van der Waals surface area contributed by atoms with Crippen molar-refractivity contribution in [1.82, 2.24) is 14.3 Å². The monoisotopic (exact) mass is 227 g/mol. The molecule has 78 valence electrons. The minimum Gasteiger partial charge on any atom is -0.338 e. The van der Waals surface area contributed by atoms with E-state index in [1.165, 1.54) is 11.5 Å². The van der Waals surface area contributed by atoms with Crippen LogP contribution >= 0.6 is 11.5 Å². The molecule has 0 spiro atoms. The Morgan fingerprint density at radius 2 is 2.12 bits per heavy atom. The van der Waals surface area contributed by atoms with Crippen molar-refractivity contribution in [2.75, 3.05) is 0 Å². The zero-order chi connectivity index (χ0) is 10.8. The minimum absolute atomic E-state index is 0.868. The van der Waals surface area contributed by atoms with Crippen LogP contribution in [0.1, 0.15) is 11.4 Å². The van der Waals surface area contributed by atoms with Crippen LogP contribution in [0.3, 0.4) is 0 Å². The van der Waals surface area contributed by atoms with E-state index in [9.17, 15) is 0 Å². The van der Waals surface area contributed by atoms with E-state index in [0.29, 0.717) is 0 Å². The highest BCUT2D eigenvalue weighted by atomic mass is 32.1. The van der Waals surface area contributed by atoms with Crippen molar-refractivity contribution in [1.29, 1.82) is 0 Å². The average Bonchev–Trinajstić information content (AvgIpc) is 2.95. The number of hydrogen-bond acceptors (Lipinski definition) is 3. The predicted octanol–water partition coefficient (Wildman–Crippen LogP) is 3.19. The third kappa shape index (κ3) is 1.75. The van der Waals surface area contributed by atoms with Crippen LogP contribution in [0, 0.1) is 0 Å². The summed E-state index contributed by atoms with van der Waals surface area (Å²) in [4.78, 5) is 7.70. The van der Waals surface area contributed by atoms with Gasteiger partial charge in [0, 0.05) is 17.1 Å². The Morgan fingerprint density at radius 3 is 2.94 bits per heavy atom. The first kappa shape index (κ1) is 9.30. The molecule has 0 fully saturated rings. The van der Waals surface area contributed by atoms with Crippen molar-refractivity contribution in [3.8, 4) is 0 Å². The maximum Gasteiger partial charge on any atom is 0.131 e. The lowest BCUT2D eigenvalue weighted by Gasteiger charge is -1.82. The van der Waals surface area contributed by atoms with E-state index in [4.69, 9.17) is 0 Å². The van der Waals surface area contributed by atoms with Gasteiger partial charge in [-0.3, -0.25) is 0 Å². The molecule has 0 aliphatic carbocycles. The summed E-state index contributed by atoms with van der Waals surface area (Å²) in [6.07, 6.45) is 5.80. The SMILES string of the molecule is C(=Cc1nc2ccccc2[nH]1)c1cnsc1. The highest BCUT2D eigenvalue weighted by molar-refractivity contribution is 7.03. The summed E-state index contributed by atoms with van der Waals surface area (Å²) in [5.41, 5.74) is 3.15. The molecular weight excluding hydrogens is 218 g/mol. The van der Waals surface area contributed by atoms with Crippen LogP contribution in [-0.4, -0.2) is 14.3 Å². The number of benzene rings is 1. The lowest BCUT2D eigenvalue weighted by atomic mass is 10.3. The van der Waals surface area contributed by atoms with Crippen LogP contribution < -0.4 is 0 Å². The van der Waals surface area contributed by atoms with Crippen LogP contribution in [0.4, 0.5) is 0 Å². The third-order valence-electron chi connectivity index (χ3n) is 2.29. The van der Waals surface area contributed by atoms with Crippen molar-refractivity contribution in [3.63, 3.8) is 0 Å². The second-order valence-corrected chi connectivity index (χ2v) is 4.09. The van der Waals surface area contributed by atoms with Gasteiger partial charge < -0.3 is 4.98 Å². The van der Waals surface area contributed by atoms with Gasteiger partial charge in [-0.1, -0.05) is 12.1 Å². The summed E-state index contributed by atoms with van der Waals surface area (Å²) >= 11 is 1.45. The summed E-state index contributed by atoms with van der Waals surface area (Å²) in [6.45, 7) is 0. The molecule has 4 heteroatoms. The standard InChI is InChI=1S/C12H9N3S/c1-2-4-11-10(3-1)14-12(15-11)6-5-9-7-13-16-8-9/h1-8H,(H,14,15). The first-order valence-corrected chi connectivity index (χ1v) is 5.78. The molecule has 1 aromatic carbocycles. The Bertz CT molecular complexity index is 590. The lowest BCUT2D eigenvalue weighted by Crippen LogP contribution is -1.72. The van der Waals surface area contributed by atoms with Gasteiger partial charge in [0.25, 0.3) is 0 Å². The topological polar surface area (TPSA) is 41.6 Å². The van der Waals surface area contributed by atoms with Gasteiger partial charge in [-0.05, 0) is 35.8 Å². The molecule has 0 aliphatic heterocycles. The number of H-pyrrole nitrogens is 1. The van der Waals surface area contributed by atoms with Gasteiger partial charge in [-0.25, -0.2) is 9.36 Å². The molecule has 0 bridgehead atoms. The first-order chi connectivity index (χ1) is 7.92. The molecule has 0 saturated heterocycles. The van der Waals surface area contributed by atoms with E-state index in [2.05, 4.69) is 14.3 Å². The van der Waals surface area contributed by atoms with Gasteiger partial charge in [0.2, 0.25) is 0 Å². The molecule has 0 unspecified atom stereocenters. The summed E-state index contributed by atoms with van der Waals surface area (Å²) < 4.78 is 4.04. The molecule has 0 amide bonds. The zero-order valence-corrected chi connectivity index (χ0v) is 9.24. The van der Waals surface area contributed by atoms with Gasteiger partial charge in [0.1, 0.15) is 5.82 Å². The van der Waals surface area contributed by atoms with Crippen molar-refractivity contribution in [2.24, 2.45) is 0 Å². The minimum atomic E-state index is 0.868. The number of aromatic nitrogens is 3. The van der Waals surface area contributed by atoms with Crippen molar-refractivity contribution >= 4 is 34.7 Å². The van der Waals surface area contributed by atoms with Crippen LogP contribution in [0.5, 0.6) is 0 Å². The molecule has 0 radical (unpaired) electrons. The Balaban J connectivity index is 1.95. The average molecular weight is 227 g/mol. The van der Waals surface area contributed by atoms with Crippen LogP contribution in [0.2, 0.25) is 0 Å². The maximum atomic E-state index is 4.45. The van der Waals surface area contributed by atoms with Crippen LogP contribution in [-0.2, 0) is 0 Å². The summed E-state index contributed by atoms with van der Waals surface area (Å²) in [5.74, 6) is 0.868. The number of fused-ring (bicyclic) bond motifs is 1. The smallest absolute Gasteiger partial charge is 0.131 e. The zero-order valence-electron chi connectivity index (χ0n) is 8.42. The first-order valence-electron chi connectivity index (χ1n) is 4.94. The molecule has 0 aliphatic rings. The second-order valence-electron chi connectivity index (χ2n) is 3.43. The highest BCUT2D eigenvalue weighted by Gasteiger charge is 1.97. The van der Waals surface area contributed by atoms with Crippen molar-refractivity contribution in [3.05, 3.63) is 47.2 Å². The summed E-state index contributed by atoms with van der Waals surface area (Å²) in [5, 5.41) is 2.00. The van der Waals surface area contributed by atoms with E-state index in [-0.39, 0.29) is 0 Å². The number of aromatic amines is 1. The number of rotatable bonds is 2. The van der Waals surface area contributed by atoms with Gasteiger partial charge in [0.05, 0.1) is 11.0 Å². The third-order valence-corrected chi connectivity index (χ3v) is 2.90. The highest BCUT2D eigenvalue weighted by Crippen LogP contribution is 2.12. The molecular formula is C12H9N3S. The van der Waals surface area contributed by atoms with Gasteiger partial charge in [-0.2, -0.15) is 0 Å². The Labute approximate surface area is 96.6 Å². The maximum absolute atomic E-state index is 4.45. The van der Waals surface area contributed by atoms with Crippen LogP contribution in [0.25, 0.3) is 23.2 Å². The van der Waals surface area contributed by atoms with E-state index in [0.717, 1.165) is 22.4 Å². The largest absolute Gasteiger partial charge is 0.338 e. The normalized spacial score (nSPS) is 11.5. The Hall–Kier alpha value is -1.94. The van der Waals surface area contributed by atoms with Gasteiger partial charge in [-0.15, -0.1) is 0 Å². The fourth-order valence-corrected chi connectivity index (χ4v) is 2.03. The molecule has 2 aromatic heterocycles. The summed E-state index contributed by atoms with van der Waals surface area (Å²) in [6, 6.07) is 8.00.